The lowest BCUT2D eigenvalue weighted by molar-refractivity contribution is 1.02. The lowest BCUT2D eigenvalue weighted by atomic mass is 9.89. The first-order valence-electron chi connectivity index (χ1n) is 21.9. The highest BCUT2D eigenvalue weighted by atomic mass is 15.2. The van der Waals surface area contributed by atoms with E-state index in [1.165, 1.54) is 76.1 Å². The predicted octanol–water partition coefficient (Wildman–Crippen LogP) is 15.8. The van der Waals surface area contributed by atoms with Crippen LogP contribution in [0.3, 0.4) is 0 Å². The molecule has 4 heteroatoms. The summed E-state index contributed by atoms with van der Waals surface area (Å²) in [5.74, 6) is 0.643. The minimum absolute atomic E-state index is 0.643. The van der Waals surface area contributed by atoms with Crippen molar-refractivity contribution in [1.29, 1.82) is 0 Å². The van der Waals surface area contributed by atoms with Gasteiger partial charge in [0.05, 0.1) is 39.0 Å². The molecule has 0 fully saturated rings. The average Bonchev–Trinajstić information content (AvgIpc) is 3.90. The van der Waals surface area contributed by atoms with Gasteiger partial charge in [-0.1, -0.05) is 188 Å². The zero-order valence-corrected chi connectivity index (χ0v) is 34.6. The van der Waals surface area contributed by atoms with Crippen molar-refractivity contribution in [1.82, 2.24) is 19.1 Å². The third-order valence-electron chi connectivity index (χ3n) is 13.4. The Morgan fingerprint density at radius 2 is 0.797 bits per heavy atom. The third-order valence-corrected chi connectivity index (χ3v) is 13.4. The molecule has 11 aromatic carbocycles. The zero-order valence-electron chi connectivity index (χ0n) is 34.6. The molecule has 0 aliphatic rings. The first-order valence-corrected chi connectivity index (χ1v) is 21.9. The minimum atomic E-state index is 0.643. The highest BCUT2D eigenvalue weighted by Gasteiger charge is 2.27. The molecule has 0 radical (unpaired) electrons. The van der Waals surface area contributed by atoms with Crippen molar-refractivity contribution >= 4 is 97.6 Å². The summed E-state index contributed by atoms with van der Waals surface area (Å²) in [7, 11) is 0. The first kappa shape index (κ1) is 35.0. The van der Waals surface area contributed by atoms with E-state index in [2.05, 4.69) is 228 Å². The molecule has 3 heterocycles. The summed E-state index contributed by atoms with van der Waals surface area (Å²) in [5, 5.41) is 15.6. The van der Waals surface area contributed by atoms with Crippen molar-refractivity contribution in [3.8, 4) is 34.0 Å². The maximum Gasteiger partial charge on any atom is 0.235 e. The molecule has 4 nitrogen and oxygen atoms in total. The Kier molecular flexibility index (Phi) is 7.36. The zero-order chi connectivity index (χ0) is 41.9. The van der Waals surface area contributed by atoms with Crippen LogP contribution >= 0.6 is 0 Å². The van der Waals surface area contributed by atoms with Gasteiger partial charge in [-0.15, -0.1) is 0 Å². The number of fused-ring (bicyclic) bond motifs is 17. The second kappa shape index (κ2) is 13.4. The van der Waals surface area contributed by atoms with Gasteiger partial charge in [0.25, 0.3) is 0 Å². The summed E-state index contributed by atoms with van der Waals surface area (Å²) in [5.41, 5.74) is 10.9. The molecule has 3 aromatic heterocycles. The van der Waals surface area contributed by atoms with E-state index in [-0.39, 0.29) is 0 Å². The average molecular weight is 813 g/mol. The summed E-state index contributed by atoms with van der Waals surface area (Å²) in [4.78, 5) is 11.1. The van der Waals surface area contributed by atoms with Crippen molar-refractivity contribution in [2.75, 3.05) is 0 Å². The van der Waals surface area contributed by atoms with Gasteiger partial charge in [-0.3, -0.25) is 4.57 Å². The molecule has 64 heavy (non-hydrogen) atoms. The molecule has 0 N–H and O–H groups in total. The smallest absolute Gasteiger partial charge is 0.235 e. The quantitative estimate of drug-likeness (QED) is 0.166. The van der Waals surface area contributed by atoms with Gasteiger partial charge in [0.1, 0.15) is 0 Å². The summed E-state index contributed by atoms with van der Waals surface area (Å²) in [6.07, 6.45) is 0. The van der Waals surface area contributed by atoms with Crippen molar-refractivity contribution < 1.29 is 0 Å². The Morgan fingerprint density at radius 1 is 0.297 bits per heavy atom. The van der Waals surface area contributed by atoms with Crippen LogP contribution in [0.4, 0.5) is 0 Å². The predicted molar refractivity (Wildman–Crippen MR) is 269 cm³/mol. The lowest BCUT2D eigenvalue weighted by Gasteiger charge is -2.17. The molecule has 0 atom stereocenters. The molecule has 14 rings (SSSR count). The van der Waals surface area contributed by atoms with Gasteiger partial charge in [-0.05, 0) is 63.0 Å². The fraction of sp³-hybridized carbons (Fsp3) is 0. The Labute approximate surface area is 367 Å². The maximum absolute atomic E-state index is 5.62. The van der Waals surface area contributed by atoms with Crippen LogP contribution in [0.25, 0.3) is 132 Å². The summed E-state index contributed by atoms with van der Waals surface area (Å²) < 4.78 is 4.87. The van der Waals surface area contributed by atoms with E-state index in [1.807, 2.05) is 0 Å². The van der Waals surface area contributed by atoms with Crippen LogP contribution in [0.15, 0.2) is 218 Å². The van der Waals surface area contributed by atoms with E-state index >= 15 is 0 Å². The topological polar surface area (TPSA) is 35.6 Å². The molecule has 0 aliphatic heterocycles. The standard InChI is InChI=1S/C60H36N4/c1-2-18-37(19-3-1)39-22-16-23-40(36-39)57-46-29-10-13-32-49(46)61-60(62-57)64-52-34-15-12-31-48(52)55-56-53(43-26-7-9-28-45(43)59(55)64)42-25-6-8-27-44(42)58-54(56)47-30-11-14-33-51(47)63(58)50-35-17-21-38-20-4-5-24-41(38)50/h1-36H. The van der Waals surface area contributed by atoms with Gasteiger partial charge in [0.15, 0.2) is 0 Å². The molecular weight excluding hydrogens is 777 g/mol. The molecule has 0 spiro atoms. The number of aromatic nitrogens is 4. The molecule has 0 saturated carbocycles. The second-order valence-electron chi connectivity index (χ2n) is 16.8. The van der Waals surface area contributed by atoms with Gasteiger partial charge in [-0.2, -0.15) is 0 Å². The number of hydrogen-bond donors (Lipinski definition) is 0. The molecule has 0 bridgehead atoms. The van der Waals surface area contributed by atoms with E-state index in [4.69, 9.17) is 9.97 Å². The van der Waals surface area contributed by atoms with Crippen LogP contribution in [-0.2, 0) is 0 Å². The van der Waals surface area contributed by atoms with Gasteiger partial charge in [-0.25, -0.2) is 9.97 Å². The van der Waals surface area contributed by atoms with Gasteiger partial charge in [0, 0.05) is 54.0 Å². The van der Waals surface area contributed by atoms with Crippen LogP contribution in [0.1, 0.15) is 0 Å². The number of benzene rings is 11. The molecule has 0 unspecified atom stereocenters. The second-order valence-corrected chi connectivity index (χ2v) is 16.8. The molecule has 14 aromatic rings. The number of nitrogens with zero attached hydrogens (tertiary/aromatic N) is 4. The van der Waals surface area contributed by atoms with Crippen molar-refractivity contribution in [3.05, 3.63) is 218 Å². The fourth-order valence-corrected chi connectivity index (χ4v) is 10.8. The third kappa shape index (κ3) is 4.88. The molecule has 296 valence electrons. The molecule has 0 saturated heterocycles. The number of para-hydroxylation sites is 3. The van der Waals surface area contributed by atoms with E-state index in [9.17, 15) is 0 Å². The summed E-state index contributed by atoms with van der Waals surface area (Å²) in [6.45, 7) is 0. The Bertz CT molecular complexity index is 4250. The van der Waals surface area contributed by atoms with Gasteiger partial charge < -0.3 is 4.57 Å². The normalized spacial score (nSPS) is 12.1. The van der Waals surface area contributed by atoms with E-state index in [1.54, 1.807) is 0 Å². The Balaban J connectivity index is 1.19. The van der Waals surface area contributed by atoms with Crippen LogP contribution in [0, 0.1) is 0 Å². The van der Waals surface area contributed by atoms with E-state index < -0.39 is 0 Å². The molecule has 0 aliphatic carbocycles. The molecule has 0 amide bonds. The SMILES string of the molecule is c1ccc(-c2cccc(-c3nc(-n4c5ccccc5c5c6c(c7ccccc7c54)c4ccccc4c4c6c5ccccc5n4-c4cccc5ccccc45)nc4ccccc34)c2)cc1. The maximum atomic E-state index is 5.62. The summed E-state index contributed by atoms with van der Waals surface area (Å²) >= 11 is 0. The first-order chi connectivity index (χ1) is 31.8. The van der Waals surface area contributed by atoms with E-state index in [0.29, 0.717) is 5.95 Å². The Hall–Kier alpha value is -8.60. The van der Waals surface area contributed by atoms with Gasteiger partial charge >= 0.3 is 0 Å². The lowest BCUT2D eigenvalue weighted by Crippen LogP contribution is -2.04. The van der Waals surface area contributed by atoms with Crippen LogP contribution in [0.5, 0.6) is 0 Å². The van der Waals surface area contributed by atoms with Crippen LogP contribution in [-0.4, -0.2) is 19.1 Å². The largest absolute Gasteiger partial charge is 0.308 e. The number of hydrogen-bond acceptors (Lipinski definition) is 2. The van der Waals surface area contributed by atoms with Crippen LogP contribution in [0.2, 0.25) is 0 Å². The fourth-order valence-electron chi connectivity index (χ4n) is 10.8. The van der Waals surface area contributed by atoms with Crippen molar-refractivity contribution in [2.45, 2.75) is 0 Å². The number of rotatable bonds is 4. The highest BCUT2D eigenvalue weighted by molar-refractivity contribution is 6.45. The van der Waals surface area contributed by atoms with E-state index in [0.717, 1.165) is 49.5 Å². The Morgan fingerprint density at radius 3 is 1.52 bits per heavy atom. The molecular formula is C60H36N4. The van der Waals surface area contributed by atoms with Gasteiger partial charge in [0.2, 0.25) is 5.95 Å². The minimum Gasteiger partial charge on any atom is -0.308 e. The highest BCUT2D eigenvalue weighted by Crippen LogP contribution is 2.51. The summed E-state index contributed by atoms with van der Waals surface area (Å²) in [6, 6.07) is 78.9. The van der Waals surface area contributed by atoms with Crippen LogP contribution < -0.4 is 0 Å². The van der Waals surface area contributed by atoms with Crippen molar-refractivity contribution in [2.24, 2.45) is 0 Å². The monoisotopic (exact) mass is 812 g/mol. The van der Waals surface area contributed by atoms with Crippen molar-refractivity contribution in [3.63, 3.8) is 0 Å².